The number of benzene rings is 2. The topological polar surface area (TPSA) is 161 Å². The zero-order chi connectivity index (χ0) is 30.1. The molecule has 0 bridgehead atoms. The Balaban J connectivity index is 1.30. The van der Waals surface area contributed by atoms with Gasteiger partial charge in [0.25, 0.3) is 5.91 Å². The van der Waals surface area contributed by atoms with Crippen molar-refractivity contribution in [1.29, 1.82) is 0 Å². The predicted molar refractivity (Wildman–Crippen MR) is 162 cm³/mol. The standard InChI is InChI=1S/C30H36FN9O3/c31-26-7-3-23(4-8-26)20-36-29-38-28(39-30(40-29)37-21-24-9-12-33-13-10-24)35-19-22-1-5-25(6-2-22)27(41)34-14-16-43-18-17-42-15-11-32/h1-10,12-13H,11,14-21,32H2,(H,34,41)(H3,35,36,37,38,39,40). The van der Waals surface area contributed by atoms with Crippen molar-refractivity contribution in [2.75, 3.05) is 55.5 Å². The lowest BCUT2D eigenvalue weighted by Crippen LogP contribution is -2.27. The number of nitrogens with zero attached hydrogens (tertiary/aromatic N) is 4. The monoisotopic (exact) mass is 589 g/mol. The molecule has 2 aromatic heterocycles. The number of nitrogens with two attached hydrogens (primary N) is 1. The van der Waals surface area contributed by atoms with E-state index in [0.717, 1.165) is 16.7 Å². The number of carbonyl (C=O) groups is 1. The normalized spacial score (nSPS) is 10.7. The lowest BCUT2D eigenvalue weighted by atomic mass is 10.1. The fourth-order valence-electron chi connectivity index (χ4n) is 3.78. The average molecular weight is 590 g/mol. The van der Waals surface area contributed by atoms with Crippen LogP contribution in [0.5, 0.6) is 0 Å². The summed E-state index contributed by atoms with van der Waals surface area (Å²) in [5, 5.41) is 12.5. The summed E-state index contributed by atoms with van der Waals surface area (Å²) in [6.45, 7) is 4.03. The van der Waals surface area contributed by atoms with Crippen LogP contribution in [-0.4, -0.2) is 65.4 Å². The number of nitrogens with one attached hydrogen (secondary N) is 4. The van der Waals surface area contributed by atoms with Crippen LogP contribution < -0.4 is 27.0 Å². The SMILES string of the molecule is NCCOCCOCCNC(=O)c1ccc(CNc2nc(NCc3ccncc3)nc(NCc3ccc(F)cc3)n2)cc1. The van der Waals surface area contributed by atoms with Gasteiger partial charge in [-0.2, -0.15) is 15.0 Å². The van der Waals surface area contributed by atoms with E-state index in [1.54, 1.807) is 36.7 Å². The number of aromatic nitrogens is 4. The Labute approximate surface area is 249 Å². The number of hydrogen-bond donors (Lipinski definition) is 5. The van der Waals surface area contributed by atoms with Crippen LogP contribution in [0.25, 0.3) is 0 Å². The predicted octanol–water partition coefficient (Wildman–Crippen LogP) is 2.96. The number of halogens is 1. The molecule has 2 aromatic carbocycles. The first-order valence-electron chi connectivity index (χ1n) is 13.9. The summed E-state index contributed by atoms with van der Waals surface area (Å²) in [7, 11) is 0. The lowest BCUT2D eigenvalue weighted by Gasteiger charge is -2.12. The lowest BCUT2D eigenvalue weighted by molar-refractivity contribution is 0.0511. The highest BCUT2D eigenvalue weighted by molar-refractivity contribution is 5.94. The smallest absolute Gasteiger partial charge is 0.251 e. The number of hydrogen-bond acceptors (Lipinski definition) is 11. The highest BCUT2D eigenvalue weighted by atomic mass is 19.1. The second-order valence-corrected chi connectivity index (χ2v) is 9.32. The first kappa shape index (κ1) is 31.2. The van der Waals surface area contributed by atoms with E-state index in [1.807, 2.05) is 24.3 Å². The fourth-order valence-corrected chi connectivity index (χ4v) is 3.78. The molecule has 12 nitrogen and oxygen atoms in total. The third kappa shape index (κ3) is 11.2. The van der Waals surface area contributed by atoms with Crippen molar-refractivity contribution >= 4 is 23.8 Å². The molecule has 0 atom stereocenters. The molecule has 0 saturated carbocycles. The summed E-state index contributed by atoms with van der Waals surface area (Å²) in [4.78, 5) is 30.0. The zero-order valence-corrected chi connectivity index (χ0v) is 23.8. The van der Waals surface area contributed by atoms with Crippen LogP contribution >= 0.6 is 0 Å². The Hall–Kier alpha value is -4.72. The molecule has 6 N–H and O–H groups in total. The summed E-state index contributed by atoms with van der Waals surface area (Å²) >= 11 is 0. The molecule has 0 saturated heterocycles. The molecular formula is C30H36FN9O3. The second kappa shape index (κ2) is 17.3. The zero-order valence-electron chi connectivity index (χ0n) is 23.8. The molecule has 43 heavy (non-hydrogen) atoms. The van der Waals surface area contributed by atoms with Gasteiger partial charge < -0.3 is 36.5 Å². The van der Waals surface area contributed by atoms with Crippen molar-refractivity contribution < 1.29 is 18.7 Å². The van der Waals surface area contributed by atoms with Crippen LogP contribution in [0.3, 0.4) is 0 Å². The van der Waals surface area contributed by atoms with Crippen molar-refractivity contribution in [3.05, 3.63) is 101 Å². The van der Waals surface area contributed by atoms with Gasteiger partial charge in [0.2, 0.25) is 17.8 Å². The molecule has 0 aliphatic heterocycles. The molecule has 2 heterocycles. The van der Waals surface area contributed by atoms with E-state index >= 15 is 0 Å². The average Bonchev–Trinajstić information content (AvgIpc) is 3.04. The first-order valence-corrected chi connectivity index (χ1v) is 13.9. The number of pyridine rings is 1. The summed E-state index contributed by atoms with van der Waals surface area (Å²) in [5.74, 6) is 0.636. The Morgan fingerprint density at radius 3 is 1.70 bits per heavy atom. The number of amides is 1. The Morgan fingerprint density at radius 1 is 0.674 bits per heavy atom. The summed E-state index contributed by atoms with van der Waals surface area (Å²) in [6.07, 6.45) is 3.44. The number of anilines is 3. The van der Waals surface area contributed by atoms with Gasteiger partial charge in [0, 0.05) is 50.7 Å². The number of rotatable bonds is 18. The molecule has 226 valence electrons. The van der Waals surface area contributed by atoms with Crippen LogP contribution in [0.1, 0.15) is 27.0 Å². The van der Waals surface area contributed by atoms with Gasteiger partial charge in [0.1, 0.15) is 5.82 Å². The molecule has 0 aliphatic rings. The van der Waals surface area contributed by atoms with E-state index in [2.05, 4.69) is 41.2 Å². The number of ether oxygens (including phenoxy) is 2. The van der Waals surface area contributed by atoms with E-state index in [-0.39, 0.29) is 11.7 Å². The molecule has 0 aliphatic carbocycles. The maximum Gasteiger partial charge on any atom is 0.251 e. The molecule has 0 radical (unpaired) electrons. The molecule has 0 unspecified atom stereocenters. The Kier molecular flexibility index (Phi) is 12.6. The van der Waals surface area contributed by atoms with Crippen molar-refractivity contribution in [2.24, 2.45) is 5.73 Å². The molecule has 1 amide bonds. The molecular weight excluding hydrogens is 553 g/mol. The van der Waals surface area contributed by atoms with E-state index in [4.69, 9.17) is 15.2 Å². The van der Waals surface area contributed by atoms with Gasteiger partial charge in [-0.3, -0.25) is 9.78 Å². The molecule has 0 spiro atoms. The Bertz CT molecular complexity index is 1390. The largest absolute Gasteiger partial charge is 0.378 e. The third-order valence-corrected chi connectivity index (χ3v) is 6.03. The summed E-state index contributed by atoms with van der Waals surface area (Å²) in [6, 6.07) is 17.3. The maximum absolute atomic E-state index is 13.3. The first-order chi connectivity index (χ1) is 21.1. The summed E-state index contributed by atoms with van der Waals surface area (Å²) < 4.78 is 23.9. The van der Waals surface area contributed by atoms with Crippen molar-refractivity contribution in [3.63, 3.8) is 0 Å². The van der Waals surface area contributed by atoms with Crippen LogP contribution in [0.4, 0.5) is 22.2 Å². The minimum Gasteiger partial charge on any atom is -0.378 e. The van der Waals surface area contributed by atoms with Crippen molar-refractivity contribution in [2.45, 2.75) is 19.6 Å². The maximum atomic E-state index is 13.3. The van der Waals surface area contributed by atoms with Crippen LogP contribution in [0, 0.1) is 5.82 Å². The molecule has 13 heteroatoms. The fraction of sp³-hybridized carbons (Fsp3) is 0.300. The van der Waals surface area contributed by atoms with Gasteiger partial charge >= 0.3 is 0 Å². The number of carbonyl (C=O) groups excluding carboxylic acids is 1. The van der Waals surface area contributed by atoms with Crippen LogP contribution in [0.2, 0.25) is 0 Å². The van der Waals surface area contributed by atoms with E-state index < -0.39 is 0 Å². The van der Waals surface area contributed by atoms with Gasteiger partial charge in [-0.15, -0.1) is 0 Å². The summed E-state index contributed by atoms with van der Waals surface area (Å²) in [5.41, 5.74) is 8.75. The van der Waals surface area contributed by atoms with Crippen molar-refractivity contribution in [1.82, 2.24) is 25.3 Å². The third-order valence-electron chi connectivity index (χ3n) is 6.03. The van der Waals surface area contributed by atoms with E-state index in [9.17, 15) is 9.18 Å². The molecule has 4 rings (SSSR count). The van der Waals surface area contributed by atoms with Gasteiger partial charge in [0.05, 0.1) is 26.4 Å². The van der Waals surface area contributed by atoms with Gasteiger partial charge in [0.15, 0.2) is 0 Å². The quantitative estimate of drug-likeness (QED) is 0.109. The minimum absolute atomic E-state index is 0.179. The second-order valence-electron chi connectivity index (χ2n) is 9.32. The molecule has 0 fully saturated rings. The molecule has 4 aromatic rings. The van der Waals surface area contributed by atoms with Gasteiger partial charge in [-0.1, -0.05) is 24.3 Å². The van der Waals surface area contributed by atoms with E-state index in [1.165, 1.54) is 12.1 Å². The van der Waals surface area contributed by atoms with Crippen LogP contribution in [0.15, 0.2) is 73.1 Å². The highest BCUT2D eigenvalue weighted by Crippen LogP contribution is 2.14. The van der Waals surface area contributed by atoms with Gasteiger partial charge in [-0.25, -0.2) is 4.39 Å². The Morgan fingerprint density at radius 2 is 1.16 bits per heavy atom. The van der Waals surface area contributed by atoms with E-state index in [0.29, 0.717) is 82.6 Å². The van der Waals surface area contributed by atoms with Crippen molar-refractivity contribution in [3.8, 4) is 0 Å². The minimum atomic E-state index is -0.294. The highest BCUT2D eigenvalue weighted by Gasteiger charge is 2.09. The van der Waals surface area contributed by atoms with Gasteiger partial charge in [-0.05, 0) is 53.1 Å². The van der Waals surface area contributed by atoms with Crippen LogP contribution in [-0.2, 0) is 29.1 Å².